The van der Waals surface area contributed by atoms with Gasteiger partial charge in [0.25, 0.3) is 0 Å². The predicted octanol–water partition coefficient (Wildman–Crippen LogP) is 4.33. The molecular formula is C25H36O7. The number of ketones is 2. The first-order valence-electron chi connectivity index (χ1n) is 10.8. The van der Waals surface area contributed by atoms with Gasteiger partial charge in [-0.3, -0.25) is 10.1 Å². The minimum absolute atomic E-state index is 0.00308. The molecule has 0 saturated carbocycles. The predicted molar refractivity (Wildman–Crippen MR) is 121 cm³/mol. The SMILES string of the molecule is C=C(C)[C@@H](CC[C@@]1(C)CC=C(CO)C(=O)[C@@H](CC(C)=O)[C@@H]1/C=C/OC(=O)C=C(C)C)OO. The molecule has 0 aromatic heterocycles. The van der Waals surface area contributed by atoms with Gasteiger partial charge in [0.2, 0.25) is 0 Å². The number of aliphatic hydroxyl groups excluding tert-OH is 1. The maximum absolute atomic E-state index is 13.1. The Bertz CT molecular complexity index is 801. The summed E-state index contributed by atoms with van der Waals surface area (Å²) < 4.78 is 5.18. The first kappa shape index (κ1) is 27.7. The Morgan fingerprint density at radius 2 is 1.97 bits per heavy atom. The van der Waals surface area contributed by atoms with Gasteiger partial charge in [0.1, 0.15) is 11.9 Å². The van der Waals surface area contributed by atoms with Crippen LogP contribution in [-0.4, -0.2) is 40.6 Å². The number of allylic oxidation sites excluding steroid dienone is 3. The maximum atomic E-state index is 13.1. The van der Waals surface area contributed by atoms with Crippen molar-refractivity contribution in [1.82, 2.24) is 0 Å². The molecule has 2 N–H and O–H groups in total. The third kappa shape index (κ3) is 7.97. The van der Waals surface area contributed by atoms with Crippen molar-refractivity contribution < 1.29 is 34.4 Å². The van der Waals surface area contributed by atoms with E-state index >= 15 is 0 Å². The summed E-state index contributed by atoms with van der Waals surface area (Å²) in [5.41, 5.74) is 1.18. The molecule has 0 saturated heterocycles. The molecule has 0 amide bonds. The van der Waals surface area contributed by atoms with E-state index in [1.807, 2.05) is 6.92 Å². The monoisotopic (exact) mass is 448 g/mol. The molecule has 1 rings (SSSR count). The molecule has 7 nitrogen and oxygen atoms in total. The highest BCUT2D eigenvalue weighted by Gasteiger charge is 2.43. The van der Waals surface area contributed by atoms with Crippen LogP contribution in [0.4, 0.5) is 0 Å². The second-order valence-corrected chi connectivity index (χ2v) is 9.11. The second kappa shape index (κ2) is 12.6. The highest BCUT2D eigenvalue weighted by molar-refractivity contribution is 6.00. The first-order valence-corrected chi connectivity index (χ1v) is 10.8. The van der Waals surface area contributed by atoms with Crippen LogP contribution in [-0.2, 0) is 24.0 Å². The molecule has 0 aromatic carbocycles. The van der Waals surface area contributed by atoms with Crippen molar-refractivity contribution in [2.45, 2.75) is 66.4 Å². The van der Waals surface area contributed by atoms with Crippen LogP contribution in [0.3, 0.4) is 0 Å². The van der Waals surface area contributed by atoms with Gasteiger partial charge in [-0.15, -0.1) is 0 Å². The number of carbonyl (C=O) groups excluding carboxylic acids is 3. The molecule has 4 atom stereocenters. The van der Waals surface area contributed by atoms with Crippen LogP contribution in [0.5, 0.6) is 0 Å². The van der Waals surface area contributed by atoms with E-state index in [1.54, 1.807) is 32.9 Å². The zero-order valence-electron chi connectivity index (χ0n) is 19.7. The maximum Gasteiger partial charge on any atom is 0.335 e. The van der Waals surface area contributed by atoms with Crippen LogP contribution in [0.1, 0.15) is 60.3 Å². The third-order valence-corrected chi connectivity index (χ3v) is 5.92. The lowest BCUT2D eigenvalue weighted by atomic mass is 9.65. The number of ether oxygens (including phenoxy) is 1. The Balaban J connectivity index is 3.37. The molecule has 0 aliphatic heterocycles. The zero-order chi connectivity index (χ0) is 24.5. The average molecular weight is 449 g/mol. The van der Waals surface area contributed by atoms with Crippen molar-refractivity contribution in [1.29, 1.82) is 0 Å². The van der Waals surface area contributed by atoms with Gasteiger partial charge in [0.15, 0.2) is 5.78 Å². The van der Waals surface area contributed by atoms with Crippen LogP contribution < -0.4 is 0 Å². The molecule has 7 heteroatoms. The molecule has 0 unspecified atom stereocenters. The lowest BCUT2D eigenvalue weighted by Crippen LogP contribution is -2.36. The van der Waals surface area contributed by atoms with E-state index in [1.165, 1.54) is 19.3 Å². The van der Waals surface area contributed by atoms with Gasteiger partial charge >= 0.3 is 5.97 Å². The van der Waals surface area contributed by atoms with Crippen molar-refractivity contribution in [3.05, 3.63) is 47.8 Å². The zero-order valence-corrected chi connectivity index (χ0v) is 19.7. The Morgan fingerprint density at radius 3 is 2.47 bits per heavy atom. The summed E-state index contributed by atoms with van der Waals surface area (Å²) in [5.74, 6) is -2.13. The number of hydrogen-bond donors (Lipinski definition) is 2. The quantitative estimate of drug-likeness (QED) is 0.121. The molecule has 0 radical (unpaired) electrons. The lowest BCUT2D eigenvalue weighted by Gasteiger charge is -2.38. The summed E-state index contributed by atoms with van der Waals surface area (Å²) >= 11 is 0. The van der Waals surface area contributed by atoms with Crippen LogP contribution in [0.15, 0.2) is 47.8 Å². The molecule has 0 bridgehead atoms. The lowest BCUT2D eigenvalue weighted by molar-refractivity contribution is -0.270. The molecule has 0 fully saturated rings. The highest BCUT2D eigenvalue weighted by atomic mass is 17.1. The fourth-order valence-electron chi connectivity index (χ4n) is 4.10. The van der Waals surface area contributed by atoms with Crippen molar-refractivity contribution in [3.63, 3.8) is 0 Å². The van der Waals surface area contributed by atoms with Gasteiger partial charge in [-0.1, -0.05) is 25.2 Å². The Morgan fingerprint density at radius 1 is 1.31 bits per heavy atom. The van der Waals surface area contributed by atoms with E-state index in [4.69, 9.17) is 4.74 Å². The molecule has 0 aromatic rings. The molecule has 0 spiro atoms. The number of hydrogen-bond acceptors (Lipinski definition) is 7. The fraction of sp³-hybridized carbons (Fsp3) is 0.560. The smallest absolute Gasteiger partial charge is 0.335 e. The van der Waals surface area contributed by atoms with Crippen molar-refractivity contribution in [2.75, 3.05) is 6.61 Å². The molecular weight excluding hydrogens is 412 g/mol. The Hall–Kier alpha value is -2.35. The van der Waals surface area contributed by atoms with Gasteiger partial charge in [-0.05, 0) is 69.9 Å². The Labute approximate surface area is 190 Å². The van der Waals surface area contributed by atoms with Crippen molar-refractivity contribution in [2.24, 2.45) is 17.3 Å². The summed E-state index contributed by atoms with van der Waals surface area (Å²) in [6.07, 6.45) is 6.85. The van der Waals surface area contributed by atoms with E-state index in [2.05, 4.69) is 11.5 Å². The van der Waals surface area contributed by atoms with Gasteiger partial charge in [0.05, 0.1) is 12.9 Å². The molecule has 0 heterocycles. The Kier molecular flexibility index (Phi) is 10.9. The topological polar surface area (TPSA) is 110 Å². The van der Waals surface area contributed by atoms with Crippen LogP contribution in [0.2, 0.25) is 0 Å². The van der Waals surface area contributed by atoms with Gasteiger partial charge < -0.3 is 14.6 Å². The van der Waals surface area contributed by atoms with Crippen molar-refractivity contribution >= 4 is 17.5 Å². The number of Topliss-reactive ketones (excluding diaryl/α,β-unsaturated/α-hetero) is 2. The number of aliphatic hydroxyl groups is 1. The molecule has 1 aliphatic rings. The minimum atomic E-state index is -0.713. The molecule has 1 aliphatic carbocycles. The normalized spacial score (nSPS) is 24.5. The van der Waals surface area contributed by atoms with E-state index in [0.29, 0.717) is 24.8 Å². The minimum Gasteiger partial charge on any atom is -0.432 e. The molecule has 32 heavy (non-hydrogen) atoms. The first-order chi connectivity index (χ1) is 14.9. The summed E-state index contributed by atoms with van der Waals surface area (Å²) in [7, 11) is 0. The van der Waals surface area contributed by atoms with E-state index in [9.17, 15) is 24.7 Å². The van der Waals surface area contributed by atoms with Gasteiger partial charge in [-0.25, -0.2) is 9.68 Å². The summed E-state index contributed by atoms with van der Waals surface area (Å²) in [4.78, 5) is 41.6. The summed E-state index contributed by atoms with van der Waals surface area (Å²) in [6.45, 7) is 12.1. The van der Waals surface area contributed by atoms with Crippen LogP contribution in [0.25, 0.3) is 0 Å². The summed E-state index contributed by atoms with van der Waals surface area (Å²) in [5, 5.41) is 18.9. The second-order valence-electron chi connectivity index (χ2n) is 9.11. The largest absolute Gasteiger partial charge is 0.432 e. The fourth-order valence-corrected chi connectivity index (χ4v) is 4.10. The van der Waals surface area contributed by atoms with Gasteiger partial charge in [0, 0.05) is 24.0 Å². The standard InChI is InChI=1S/C25H36O7/c1-16(2)13-23(28)31-12-9-21-20(14-18(5)27)24(29)19(15-26)7-10-25(21,6)11-8-22(32-30)17(3)4/h7,9,12-13,20-22,26,30H,3,8,10-11,14-15H2,1-2,4-6H3/b12-9+/t20-,21-,22+,25+/m0/s1. The van der Waals surface area contributed by atoms with Crippen LogP contribution in [0, 0.1) is 17.3 Å². The number of esters is 1. The molecule has 178 valence electrons. The summed E-state index contributed by atoms with van der Waals surface area (Å²) in [6, 6.07) is 0. The van der Waals surface area contributed by atoms with Crippen molar-refractivity contribution in [3.8, 4) is 0 Å². The number of carbonyl (C=O) groups is 3. The third-order valence-electron chi connectivity index (χ3n) is 5.92. The highest BCUT2D eigenvalue weighted by Crippen LogP contribution is 2.46. The van der Waals surface area contributed by atoms with E-state index in [0.717, 1.165) is 5.57 Å². The number of rotatable bonds is 11. The van der Waals surface area contributed by atoms with E-state index < -0.39 is 35.9 Å². The van der Waals surface area contributed by atoms with Crippen LogP contribution >= 0.6 is 0 Å². The average Bonchev–Trinajstić information content (AvgIpc) is 2.77. The van der Waals surface area contributed by atoms with Gasteiger partial charge in [-0.2, -0.15) is 0 Å². The van der Waals surface area contributed by atoms with E-state index in [-0.39, 0.29) is 23.6 Å².